The van der Waals surface area contributed by atoms with E-state index in [0.29, 0.717) is 17.3 Å². The molecule has 1 aromatic heterocycles. The van der Waals surface area contributed by atoms with Gasteiger partial charge in [-0.3, -0.25) is 4.79 Å². The molecule has 3 rings (SSSR count). The van der Waals surface area contributed by atoms with E-state index in [2.05, 4.69) is 15.5 Å². The summed E-state index contributed by atoms with van der Waals surface area (Å²) in [5.41, 5.74) is 1.61. The molecule has 1 aliphatic heterocycles. The van der Waals surface area contributed by atoms with Gasteiger partial charge in [-0.05, 0) is 42.0 Å². The molecule has 1 amide bonds. The number of hydrogen-bond donors (Lipinski definition) is 1. The molecule has 1 aromatic carbocycles. The van der Waals surface area contributed by atoms with Crippen LogP contribution in [-0.2, 0) is 9.63 Å². The molecule has 0 aliphatic carbocycles. The van der Waals surface area contributed by atoms with Crippen LogP contribution >= 0.6 is 11.6 Å². The number of methoxy groups -OCH3 is 1. The predicted octanol–water partition coefficient (Wildman–Crippen LogP) is 2.88. The maximum Gasteiger partial charge on any atom is 0.269 e. The molecule has 2 heterocycles. The molecule has 6 nitrogen and oxygen atoms in total. The van der Waals surface area contributed by atoms with Crippen molar-refractivity contribution in [1.29, 1.82) is 0 Å². The summed E-state index contributed by atoms with van der Waals surface area (Å²) in [4.78, 5) is 21.4. The van der Waals surface area contributed by atoms with Crippen molar-refractivity contribution in [3.8, 4) is 5.75 Å². The highest BCUT2D eigenvalue weighted by molar-refractivity contribution is 6.30. The van der Waals surface area contributed by atoms with Crippen LogP contribution in [0.2, 0.25) is 5.02 Å². The number of nitrogens with zero attached hydrogens (tertiary/aromatic N) is 2. The van der Waals surface area contributed by atoms with Crippen molar-refractivity contribution < 1.29 is 14.4 Å². The zero-order valence-corrected chi connectivity index (χ0v) is 13.1. The molecule has 23 heavy (non-hydrogen) atoms. The second-order valence-electron chi connectivity index (χ2n) is 4.92. The van der Waals surface area contributed by atoms with Crippen LogP contribution < -0.4 is 10.1 Å². The molecular formula is C16H14ClN3O3. The Morgan fingerprint density at radius 1 is 1.30 bits per heavy atom. The van der Waals surface area contributed by atoms with Crippen LogP contribution in [0.25, 0.3) is 0 Å². The molecule has 0 saturated carbocycles. The Morgan fingerprint density at radius 3 is 2.74 bits per heavy atom. The maximum atomic E-state index is 12.2. The molecule has 0 fully saturated rings. The zero-order chi connectivity index (χ0) is 16.2. The minimum Gasteiger partial charge on any atom is -0.497 e. The molecule has 1 N–H and O–H groups in total. The Kier molecular flexibility index (Phi) is 4.43. The molecule has 1 atom stereocenters. The van der Waals surface area contributed by atoms with E-state index in [1.54, 1.807) is 19.2 Å². The summed E-state index contributed by atoms with van der Waals surface area (Å²) in [6, 6.07) is 10.7. The van der Waals surface area contributed by atoms with Crippen LogP contribution in [0.3, 0.4) is 0 Å². The molecule has 0 bridgehead atoms. The van der Waals surface area contributed by atoms with E-state index in [1.165, 1.54) is 6.20 Å². The lowest BCUT2D eigenvalue weighted by Gasteiger charge is -2.08. The summed E-state index contributed by atoms with van der Waals surface area (Å²) in [5, 5.41) is 7.17. The summed E-state index contributed by atoms with van der Waals surface area (Å²) in [6.45, 7) is 0. The summed E-state index contributed by atoms with van der Waals surface area (Å²) >= 11 is 5.76. The number of aromatic nitrogens is 1. The minimum atomic E-state index is -0.676. The third-order valence-corrected chi connectivity index (χ3v) is 3.59. The average molecular weight is 332 g/mol. The summed E-state index contributed by atoms with van der Waals surface area (Å²) in [5.74, 6) is 0.879. The number of rotatable bonds is 4. The first kappa shape index (κ1) is 15.3. The summed E-state index contributed by atoms with van der Waals surface area (Å²) in [6.07, 6.45) is 1.18. The molecule has 2 aromatic rings. The van der Waals surface area contributed by atoms with Crippen LogP contribution in [0.1, 0.15) is 12.0 Å². The first-order valence-electron chi connectivity index (χ1n) is 6.95. The molecule has 0 radical (unpaired) electrons. The van der Waals surface area contributed by atoms with Gasteiger partial charge in [0.2, 0.25) is 6.10 Å². The van der Waals surface area contributed by atoms with Gasteiger partial charge in [-0.15, -0.1) is 0 Å². The van der Waals surface area contributed by atoms with Crippen LogP contribution in [0, 0.1) is 0 Å². The lowest BCUT2D eigenvalue weighted by molar-refractivity contribution is -0.125. The Labute approximate surface area is 138 Å². The number of benzene rings is 1. The fourth-order valence-corrected chi connectivity index (χ4v) is 2.24. The Morgan fingerprint density at radius 2 is 2.09 bits per heavy atom. The van der Waals surface area contributed by atoms with Crippen LogP contribution in [0.15, 0.2) is 47.8 Å². The Balaban J connectivity index is 1.61. The molecule has 7 heteroatoms. The fourth-order valence-electron chi connectivity index (χ4n) is 2.13. The monoisotopic (exact) mass is 331 g/mol. The number of pyridine rings is 1. The first-order valence-corrected chi connectivity index (χ1v) is 7.33. The summed E-state index contributed by atoms with van der Waals surface area (Å²) in [7, 11) is 1.61. The zero-order valence-electron chi connectivity index (χ0n) is 12.3. The number of carbonyl (C=O) groups excluding carboxylic acids is 1. The second-order valence-corrected chi connectivity index (χ2v) is 5.35. The van der Waals surface area contributed by atoms with E-state index in [4.69, 9.17) is 21.2 Å². The van der Waals surface area contributed by atoms with Gasteiger partial charge >= 0.3 is 0 Å². The Bertz CT molecular complexity index is 729. The molecule has 0 spiro atoms. The number of anilines is 1. The van der Waals surface area contributed by atoms with E-state index in [-0.39, 0.29) is 5.91 Å². The van der Waals surface area contributed by atoms with Gasteiger partial charge in [0.05, 0.1) is 17.8 Å². The standard InChI is InChI=1S/C16H14ClN3O3/c1-22-12-5-2-10(3-6-12)13-8-14(23-20-13)16(21)19-15-7-4-11(17)9-18-15/h2-7,9,14H,8H2,1H3,(H,18,19,21). The van der Waals surface area contributed by atoms with Gasteiger partial charge in [-0.25, -0.2) is 4.98 Å². The highest BCUT2D eigenvalue weighted by Gasteiger charge is 2.29. The lowest BCUT2D eigenvalue weighted by atomic mass is 10.0. The number of halogens is 1. The van der Waals surface area contributed by atoms with Crippen molar-refractivity contribution in [2.45, 2.75) is 12.5 Å². The van der Waals surface area contributed by atoms with E-state index in [1.807, 2.05) is 24.3 Å². The van der Waals surface area contributed by atoms with Gasteiger partial charge in [0.25, 0.3) is 5.91 Å². The third kappa shape index (κ3) is 3.60. The number of oxime groups is 1. The van der Waals surface area contributed by atoms with Gasteiger partial charge in [-0.1, -0.05) is 16.8 Å². The average Bonchev–Trinajstić information content (AvgIpc) is 3.07. The third-order valence-electron chi connectivity index (χ3n) is 3.36. The van der Waals surface area contributed by atoms with E-state index >= 15 is 0 Å². The fraction of sp³-hybridized carbons (Fsp3) is 0.188. The molecule has 118 valence electrons. The van der Waals surface area contributed by atoms with Gasteiger partial charge in [0.1, 0.15) is 11.6 Å². The van der Waals surface area contributed by atoms with Crippen molar-refractivity contribution >= 4 is 29.0 Å². The lowest BCUT2D eigenvalue weighted by Crippen LogP contribution is -2.28. The molecule has 1 unspecified atom stereocenters. The van der Waals surface area contributed by atoms with Gasteiger partial charge < -0.3 is 14.9 Å². The smallest absolute Gasteiger partial charge is 0.269 e. The molecular weight excluding hydrogens is 318 g/mol. The number of carbonyl (C=O) groups is 1. The van der Waals surface area contributed by atoms with Gasteiger partial charge in [0.15, 0.2) is 0 Å². The second kappa shape index (κ2) is 6.66. The summed E-state index contributed by atoms with van der Waals surface area (Å²) < 4.78 is 5.11. The quantitative estimate of drug-likeness (QED) is 0.935. The minimum absolute atomic E-state index is 0.299. The highest BCUT2D eigenvalue weighted by atomic mass is 35.5. The van der Waals surface area contributed by atoms with Gasteiger partial charge in [-0.2, -0.15) is 0 Å². The van der Waals surface area contributed by atoms with Crippen LogP contribution in [0.4, 0.5) is 5.82 Å². The maximum absolute atomic E-state index is 12.2. The van der Waals surface area contributed by atoms with E-state index in [9.17, 15) is 4.79 Å². The molecule has 1 aliphatic rings. The van der Waals surface area contributed by atoms with Crippen molar-refractivity contribution in [2.24, 2.45) is 5.16 Å². The van der Waals surface area contributed by atoms with Crippen molar-refractivity contribution in [3.63, 3.8) is 0 Å². The highest BCUT2D eigenvalue weighted by Crippen LogP contribution is 2.20. The number of ether oxygens (including phenoxy) is 1. The van der Waals surface area contributed by atoms with Gasteiger partial charge in [0, 0.05) is 12.6 Å². The number of amides is 1. The van der Waals surface area contributed by atoms with Crippen molar-refractivity contribution in [3.05, 3.63) is 53.2 Å². The topological polar surface area (TPSA) is 72.8 Å². The normalized spacial score (nSPS) is 16.4. The van der Waals surface area contributed by atoms with Crippen molar-refractivity contribution in [2.75, 3.05) is 12.4 Å². The first-order chi connectivity index (χ1) is 11.2. The van der Waals surface area contributed by atoms with Crippen molar-refractivity contribution in [1.82, 2.24) is 4.98 Å². The Hall–Kier alpha value is -2.60. The predicted molar refractivity (Wildman–Crippen MR) is 86.9 cm³/mol. The molecule has 0 saturated heterocycles. The van der Waals surface area contributed by atoms with Crippen LogP contribution in [0.5, 0.6) is 5.75 Å². The van der Waals surface area contributed by atoms with E-state index < -0.39 is 6.10 Å². The number of nitrogens with one attached hydrogen (secondary N) is 1. The number of hydrogen-bond acceptors (Lipinski definition) is 5. The SMILES string of the molecule is COc1ccc(C2=NOC(C(=O)Nc3ccc(Cl)cn3)C2)cc1. The van der Waals surface area contributed by atoms with Crippen LogP contribution in [-0.4, -0.2) is 29.8 Å². The van der Waals surface area contributed by atoms with E-state index in [0.717, 1.165) is 17.0 Å². The largest absolute Gasteiger partial charge is 0.497 e.